The number of amides is 1. The predicted molar refractivity (Wildman–Crippen MR) is 64.1 cm³/mol. The molecule has 86 valence electrons. The number of rotatable bonds is 3. The van der Waals surface area contributed by atoms with E-state index in [4.69, 9.17) is 11.1 Å². The van der Waals surface area contributed by atoms with Gasteiger partial charge in [0.15, 0.2) is 5.17 Å². The highest BCUT2D eigenvalue weighted by atomic mass is 32.2. The van der Waals surface area contributed by atoms with Crippen LogP contribution in [-0.2, 0) is 4.79 Å². The average molecular weight is 241 g/mol. The SMILES string of the molecule is Cc1ccc(F)cc1NC(=O)CSC(=N)N. The zero-order valence-corrected chi connectivity index (χ0v) is 9.53. The van der Waals surface area contributed by atoms with E-state index in [0.717, 1.165) is 17.3 Å². The van der Waals surface area contributed by atoms with Crippen molar-refractivity contribution < 1.29 is 9.18 Å². The molecule has 0 saturated carbocycles. The van der Waals surface area contributed by atoms with Gasteiger partial charge in [0.2, 0.25) is 5.91 Å². The van der Waals surface area contributed by atoms with E-state index in [9.17, 15) is 9.18 Å². The Balaban J connectivity index is 2.62. The Bertz CT molecular complexity index is 423. The summed E-state index contributed by atoms with van der Waals surface area (Å²) in [6.45, 7) is 1.77. The third-order valence-electron chi connectivity index (χ3n) is 1.83. The molecule has 0 unspecified atom stereocenters. The lowest BCUT2D eigenvalue weighted by Gasteiger charge is -2.07. The Morgan fingerprint density at radius 3 is 2.94 bits per heavy atom. The number of nitrogens with one attached hydrogen (secondary N) is 2. The van der Waals surface area contributed by atoms with Crippen LogP contribution in [0.15, 0.2) is 18.2 Å². The minimum Gasteiger partial charge on any atom is -0.379 e. The monoisotopic (exact) mass is 241 g/mol. The lowest BCUT2D eigenvalue weighted by molar-refractivity contribution is -0.113. The summed E-state index contributed by atoms with van der Waals surface area (Å²) in [5, 5.41) is 9.38. The highest BCUT2D eigenvalue weighted by Gasteiger charge is 2.06. The highest BCUT2D eigenvalue weighted by Crippen LogP contribution is 2.16. The summed E-state index contributed by atoms with van der Waals surface area (Å²) in [7, 11) is 0. The molecule has 4 N–H and O–H groups in total. The number of halogens is 1. The van der Waals surface area contributed by atoms with Gasteiger partial charge in [-0.05, 0) is 24.6 Å². The third kappa shape index (κ3) is 3.90. The number of aryl methyl sites for hydroxylation is 1. The number of nitrogens with two attached hydrogens (primary N) is 1. The molecule has 0 radical (unpaired) electrons. The minimum absolute atomic E-state index is 0.0469. The minimum atomic E-state index is -0.403. The molecule has 16 heavy (non-hydrogen) atoms. The fourth-order valence-corrected chi connectivity index (χ4v) is 1.42. The number of carbonyl (C=O) groups excluding carboxylic acids is 1. The molecule has 1 aromatic carbocycles. The second kappa shape index (κ2) is 5.50. The van der Waals surface area contributed by atoms with Crippen molar-refractivity contribution in [1.29, 1.82) is 5.41 Å². The largest absolute Gasteiger partial charge is 0.379 e. The number of hydrogen-bond acceptors (Lipinski definition) is 3. The zero-order valence-electron chi connectivity index (χ0n) is 8.71. The molecule has 0 aromatic heterocycles. The molecule has 1 amide bonds. The molecule has 6 heteroatoms. The van der Waals surface area contributed by atoms with E-state index >= 15 is 0 Å². The first-order valence-electron chi connectivity index (χ1n) is 4.52. The summed E-state index contributed by atoms with van der Waals surface area (Å²) >= 11 is 0.924. The van der Waals surface area contributed by atoms with Gasteiger partial charge in [-0.3, -0.25) is 10.2 Å². The highest BCUT2D eigenvalue weighted by molar-refractivity contribution is 8.14. The second-order valence-corrected chi connectivity index (χ2v) is 4.18. The van der Waals surface area contributed by atoms with Crippen LogP contribution in [0.5, 0.6) is 0 Å². The van der Waals surface area contributed by atoms with Crippen LogP contribution in [0.3, 0.4) is 0 Å². The fourth-order valence-electron chi connectivity index (χ4n) is 1.06. The van der Waals surface area contributed by atoms with Gasteiger partial charge in [0.25, 0.3) is 0 Å². The summed E-state index contributed by atoms with van der Waals surface area (Å²) in [6, 6.07) is 4.17. The van der Waals surface area contributed by atoms with Crippen molar-refractivity contribution in [3.63, 3.8) is 0 Å². The Labute approximate surface area is 96.9 Å². The molecular formula is C10H12FN3OS. The van der Waals surface area contributed by atoms with Crippen LogP contribution in [0.1, 0.15) is 5.56 Å². The summed E-state index contributed by atoms with van der Waals surface area (Å²) < 4.78 is 12.9. The van der Waals surface area contributed by atoms with Crippen LogP contribution in [0.2, 0.25) is 0 Å². The lowest BCUT2D eigenvalue weighted by Crippen LogP contribution is -2.17. The number of amidine groups is 1. The van der Waals surface area contributed by atoms with Gasteiger partial charge in [-0.25, -0.2) is 4.39 Å². The number of benzene rings is 1. The van der Waals surface area contributed by atoms with Crippen molar-refractivity contribution in [2.24, 2.45) is 5.73 Å². The van der Waals surface area contributed by atoms with Crippen LogP contribution < -0.4 is 11.1 Å². The van der Waals surface area contributed by atoms with E-state index in [1.54, 1.807) is 13.0 Å². The lowest BCUT2D eigenvalue weighted by atomic mass is 10.2. The summed E-state index contributed by atoms with van der Waals surface area (Å²) in [5.74, 6) is -0.667. The Morgan fingerprint density at radius 2 is 2.31 bits per heavy atom. The van der Waals surface area contributed by atoms with Crippen LogP contribution in [0.4, 0.5) is 10.1 Å². The van der Waals surface area contributed by atoms with Crippen molar-refractivity contribution in [2.75, 3.05) is 11.1 Å². The van der Waals surface area contributed by atoms with Gasteiger partial charge in [0.1, 0.15) is 5.82 Å². The van der Waals surface area contributed by atoms with Gasteiger partial charge in [0.05, 0.1) is 5.75 Å². The third-order valence-corrected chi connectivity index (χ3v) is 2.55. The molecule has 0 atom stereocenters. The second-order valence-electron chi connectivity index (χ2n) is 3.16. The van der Waals surface area contributed by atoms with Crippen molar-refractivity contribution in [3.8, 4) is 0 Å². The molecule has 0 saturated heterocycles. The van der Waals surface area contributed by atoms with Gasteiger partial charge < -0.3 is 11.1 Å². The van der Waals surface area contributed by atoms with E-state index in [0.29, 0.717) is 5.69 Å². The maximum absolute atomic E-state index is 12.9. The molecule has 0 aliphatic rings. The Hall–Kier alpha value is -1.56. The normalized spacial score (nSPS) is 9.88. The number of anilines is 1. The summed E-state index contributed by atoms with van der Waals surface area (Å²) in [4.78, 5) is 11.4. The maximum atomic E-state index is 12.9. The first-order valence-corrected chi connectivity index (χ1v) is 5.50. The van der Waals surface area contributed by atoms with Crippen LogP contribution in [0, 0.1) is 18.2 Å². The fraction of sp³-hybridized carbons (Fsp3) is 0.200. The van der Waals surface area contributed by atoms with Crippen LogP contribution in [-0.4, -0.2) is 16.8 Å². The zero-order chi connectivity index (χ0) is 12.1. The topological polar surface area (TPSA) is 79.0 Å². The molecule has 0 aliphatic heterocycles. The van der Waals surface area contributed by atoms with Crippen LogP contribution >= 0.6 is 11.8 Å². The van der Waals surface area contributed by atoms with Crippen molar-refractivity contribution in [3.05, 3.63) is 29.6 Å². The number of thioether (sulfide) groups is 1. The summed E-state index contributed by atoms with van der Waals surface area (Å²) in [5.41, 5.74) is 6.31. The van der Waals surface area contributed by atoms with E-state index in [2.05, 4.69) is 5.32 Å². The van der Waals surface area contributed by atoms with Crippen molar-refractivity contribution in [1.82, 2.24) is 0 Å². The Morgan fingerprint density at radius 1 is 1.62 bits per heavy atom. The van der Waals surface area contributed by atoms with Crippen LogP contribution in [0.25, 0.3) is 0 Å². The molecule has 0 heterocycles. The van der Waals surface area contributed by atoms with Gasteiger partial charge >= 0.3 is 0 Å². The average Bonchev–Trinajstić information content (AvgIpc) is 2.20. The first kappa shape index (κ1) is 12.5. The molecule has 0 fully saturated rings. The van der Waals surface area contributed by atoms with E-state index in [1.807, 2.05) is 0 Å². The number of hydrogen-bond donors (Lipinski definition) is 3. The summed E-state index contributed by atoms with van der Waals surface area (Å²) in [6.07, 6.45) is 0. The number of carbonyl (C=O) groups is 1. The van der Waals surface area contributed by atoms with Gasteiger partial charge in [0, 0.05) is 5.69 Å². The first-order chi connectivity index (χ1) is 7.49. The van der Waals surface area contributed by atoms with E-state index < -0.39 is 5.82 Å². The van der Waals surface area contributed by atoms with E-state index in [1.165, 1.54) is 12.1 Å². The molecule has 1 aromatic rings. The maximum Gasteiger partial charge on any atom is 0.234 e. The van der Waals surface area contributed by atoms with Crippen molar-refractivity contribution in [2.45, 2.75) is 6.92 Å². The molecule has 0 bridgehead atoms. The molecule has 4 nitrogen and oxygen atoms in total. The molecular weight excluding hydrogens is 229 g/mol. The quantitative estimate of drug-likeness (QED) is 0.556. The predicted octanol–water partition coefficient (Wildman–Crippen LogP) is 1.70. The standard InChI is InChI=1S/C10H12FN3OS/c1-6-2-3-7(11)4-8(6)14-9(15)5-16-10(12)13/h2-4H,5H2,1H3,(H3,12,13)(H,14,15). The van der Waals surface area contributed by atoms with Gasteiger partial charge in [-0.1, -0.05) is 17.8 Å². The van der Waals surface area contributed by atoms with Gasteiger partial charge in [-0.2, -0.15) is 0 Å². The molecule has 0 spiro atoms. The van der Waals surface area contributed by atoms with Gasteiger partial charge in [-0.15, -0.1) is 0 Å². The van der Waals surface area contributed by atoms with E-state index in [-0.39, 0.29) is 16.8 Å². The molecule has 0 aliphatic carbocycles. The molecule has 1 rings (SSSR count). The van der Waals surface area contributed by atoms with Crippen molar-refractivity contribution >= 4 is 28.5 Å². The Kier molecular flexibility index (Phi) is 4.30. The smallest absolute Gasteiger partial charge is 0.234 e.